The van der Waals surface area contributed by atoms with E-state index in [0.29, 0.717) is 18.1 Å². The maximum Gasteiger partial charge on any atom is 0.320 e. The predicted octanol–water partition coefficient (Wildman–Crippen LogP) is 3.25. The minimum Gasteiger partial charge on any atom is -0.454 e. The van der Waals surface area contributed by atoms with Crippen molar-refractivity contribution in [1.82, 2.24) is 15.5 Å². The first kappa shape index (κ1) is 17.0. The molecule has 0 atom stereocenters. The van der Waals surface area contributed by atoms with Gasteiger partial charge in [0.1, 0.15) is 0 Å². The molecule has 1 aromatic heterocycles. The molecule has 138 valence electrons. The van der Waals surface area contributed by atoms with Gasteiger partial charge in [-0.15, -0.1) is 0 Å². The summed E-state index contributed by atoms with van der Waals surface area (Å²) in [4.78, 5) is 12.1. The van der Waals surface area contributed by atoms with Gasteiger partial charge < -0.3 is 14.8 Å². The standard InChI is InChI=1S/C20H20N4O3/c25-20(21-12-15-7-9-17-18(10-15)27-13-26-17)22-19-11-16(23-24-19)8-6-14-4-2-1-3-5-14/h1-5,7,9-11H,6,8,12-13H2,(H3,21,22,23,24,25). The Hall–Kier alpha value is -3.48. The van der Waals surface area contributed by atoms with Crippen LogP contribution in [-0.4, -0.2) is 23.0 Å². The van der Waals surface area contributed by atoms with Crippen LogP contribution in [0.1, 0.15) is 16.8 Å². The highest BCUT2D eigenvalue weighted by Crippen LogP contribution is 2.32. The van der Waals surface area contributed by atoms with Crippen molar-refractivity contribution in [2.75, 3.05) is 12.1 Å². The molecule has 0 fully saturated rings. The lowest BCUT2D eigenvalue weighted by atomic mass is 10.1. The second-order valence-electron chi connectivity index (χ2n) is 6.26. The third kappa shape index (κ3) is 4.38. The van der Waals surface area contributed by atoms with Crippen molar-refractivity contribution >= 4 is 11.8 Å². The van der Waals surface area contributed by atoms with E-state index in [1.54, 1.807) is 0 Å². The van der Waals surface area contributed by atoms with Crippen LogP contribution in [0, 0.1) is 0 Å². The van der Waals surface area contributed by atoms with Gasteiger partial charge in [0.15, 0.2) is 17.3 Å². The molecule has 27 heavy (non-hydrogen) atoms. The van der Waals surface area contributed by atoms with Gasteiger partial charge in [-0.05, 0) is 36.1 Å². The Kier molecular flexibility index (Phi) is 4.91. The van der Waals surface area contributed by atoms with Crippen molar-refractivity contribution in [3.05, 3.63) is 71.4 Å². The summed E-state index contributed by atoms with van der Waals surface area (Å²) in [7, 11) is 0. The fraction of sp³-hybridized carbons (Fsp3) is 0.200. The number of nitrogens with one attached hydrogen (secondary N) is 3. The van der Waals surface area contributed by atoms with Crippen LogP contribution >= 0.6 is 0 Å². The van der Waals surface area contributed by atoms with Gasteiger partial charge in [0.25, 0.3) is 0 Å². The Morgan fingerprint density at radius 3 is 2.74 bits per heavy atom. The number of hydrogen-bond acceptors (Lipinski definition) is 4. The molecule has 0 aliphatic carbocycles. The van der Waals surface area contributed by atoms with Crippen LogP contribution in [0.2, 0.25) is 0 Å². The zero-order valence-corrected chi connectivity index (χ0v) is 14.7. The lowest BCUT2D eigenvalue weighted by Gasteiger charge is -2.06. The summed E-state index contributed by atoms with van der Waals surface area (Å²) < 4.78 is 10.6. The number of rotatable bonds is 6. The largest absolute Gasteiger partial charge is 0.454 e. The number of hydrogen-bond donors (Lipinski definition) is 3. The second kappa shape index (κ2) is 7.82. The molecular formula is C20H20N4O3. The third-order valence-electron chi connectivity index (χ3n) is 4.29. The van der Waals surface area contributed by atoms with E-state index in [1.165, 1.54) is 5.56 Å². The monoisotopic (exact) mass is 364 g/mol. The zero-order valence-electron chi connectivity index (χ0n) is 14.7. The van der Waals surface area contributed by atoms with E-state index in [-0.39, 0.29) is 12.8 Å². The summed E-state index contributed by atoms with van der Waals surface area (Å²) in [5, 5.41) is 12.6. The fourth-order valence-electron chi connectivity index (χ4n) is 2.87. The Morgan fingerprint density at radius 2 is 1.85 bits per heavy atom. The average Bonchev–Trinajstić information content (AvgIpc) is 3.34. The van der Waals surface area contributed by atoms with E-state index in [0.717, 1.165) is 29.8 Å². The van der Waals surface area contributed by atoms with Gasteiger partial charge in [-0.2, -0.15) is 5.10 Å². The van der Waals surface area contributed by atoms with Crippen LogP contribution in [0.5, 0.6) is 11.5 Å². The molecule has 7 nitrogen and oxygen atoms in total. The molecule has 0 spiro atoms. The minimum atomic E-state index is -0.311. The summed E-state index contributed by atoms with van der Waals surface area (Å²) >= 11 is 0. The number of aromatic amines is 1. The molecule has 3 aromatic rings. The highest BCUT2D eigenvalue weighted by Gasteiger charge is 2.13. The first-order valence-electron chi connectivity index (χ1n) is 8.78. The van der Waals surface area contributed by atoms with E-state index in [2.05, 4.69) is 33.0 Å². The number of urea groups is 1. The lowest BCUT2D eigenvalue weighted by Crippen LogP contribution is -2.28. The van der Waals surface area contributed by atoms with Crippen molar-refractivity contribution < 1.29 is 14.3 Å². The molecule has 0 saturated carbocycles. The topological polar surface area (TPSA) is 88.3 Å². The molecule has 0 bridgehead atoms. The van der Waals surface area contributed by atoms with Crippen LogP contribution in [0.15, 0.2) is 54.6 Å². The number of aryl methyl sites for hydroxylation is 2. The molecule has 0 radical (unpaired) electrons. The van der Waals surface area contributed by atoms with Crippen LogP contribution in [-0.2, 0) is 19.4 Å². The first-order chi connectivity index (χ1) is 13.3. The molecule has 0 saturated heterocycles. The molecule has 2 heterocycles. The zero-order chi connectivity index (χ0) is 18.5. The van der Waals surface area contributed by atoms with Crippen molar-refractivity contribution in [2.45, 2.75) is 19.4 Å². The van der Waals surface area contributed by atoms with Gasteiger partial charge in [0.2, 0.25) is 6.79 Å². The van der Waals surface area contributed by atoms with Crippen LogP contribution < -0.4 is 20.1 Å². The molecular weight excluding hydrogens is 344 g/mol. The highest BCUT2D eigenvalue weighted by atomic mass is 16.7. The number of fused-ring (bicyclic) bond motifs is 1. The van der Waals surface area contributed by atoms with Crippen molar-refractivity contribution in [3.8, 4) is 11.5 Å². The summed E-state index contributed by atoms with van der Waals surface area (Å²) in [5.74, 6) is 1.93. The molecule has 1 aliphatic heterocycles. The van der Waals surface area contributed by atoms with Crippen LogP contribution in [0.4, 0.5) is 10.6 Å². The predicted molar refractivity (Wildman–Crippen MR) is 101 cm³/mol. The molecule has 2 aromatic carbocycles. The van der Waals surface area contributed by atoms with E-state index < -0.39 is 0 Å². The van der Waals surface area contributed by atoms with Crippen LogP contribution in [0.25, 0.3) is 0 Å². The number of nitrogens with zero attached hydrogens (tertiary/aromatic N) is 1. The van der Waals surface area contributed by atoms with Crippen LogP contribution in [0.3, 0.4) is 0 Å². The number of ether oxygens (including phenoxy) is 2. The molecule has 0 unspecified atom stereocenters. The van der Waals surface area contributed by atoms with E-state index in [4.69, 9.17) is 9.47 Å². The Balaban J connectivity index is 1.25. The molecule has 1 aliphatic rings. The maximum absolute atomic E-state index is 12.1. The number of amides is 2. The Morgan fingerprint density at radius 1 is 1.00 bits per heavy atom. The summed E-state index contributed by atoms with van der Waals surface area (Å²) in [6.07, 6.45) is 1.75. The molecule has 7 heteroatoms. The molecule has 4 rings (SSSR count). The van der Waals surface area contributed by atoms with E-state index in [9.17, 15) is 4.79 Å². The summed E-state index contributed by atoms with van der Waals surface area (Å²) in [6.45, 7) is 0.617. The second-order valence-corrected chi connectivity index (χ2v) is 6.26. The number of benzene rings is 2. The lowest BCUT2D eigenvalue weighted by molar-refractivity contribution is 0.174. The quantitative estimate of drug-likeness (QED) is 0.626. The summed E-state index contributed by atoms with van der Waals surface area (Å²) in [5.41, 5.74) is 3.17. The fourth-order valence-corrected chi connectivity index (χ4v) is 2.87. The van der Waals surface area contributed by atoms with Gasteiger partial charge in [0.05, 0.1) is 0 Å². The van der Waals surface area contributed by atoms with Crippen molar-refractivity contribution in [3.63, 3.8) is 0 Å². The number of anilines is 1. The third-order valence-corrected chi connectivity index (χ3v) is 4.29. The van der Waals surface area contributed by atoms with Gasteiger partial charge in [-0.25, -0.2) is 4.79 Å². The summed E-state index contributed by atoms with van der Waals surface area (Å²) in [6, 6.07) is 17.4. The number of carbonyl (C=O) groups excluding carboxylic acids is 1. The SMILES string of the molecule is O=C(NCc1ccc2c(c1)OCO2)Nc1cc(CCc2ccccc2)[nH]n1. The number of H-pyrrole nitrogens is 1. The Bertz CT molecular complexity index is 924. The molecule has 2 amide bonds. The smallest absolute Gasteiger partial charge is 0.320 e. The van der Waals surface area contributed by atoms with Crippen molar-refractivity contribution in [1.29, 1.82) is 0 Å². The van der Waals surface area contributed by atoms with Gasteiger partial charge in [0, 0.05) is 18.3 Å². The normalized spacial score (nSPS) is 12.0. The van der Waals surface area contributed by atoms with Gasteiger partial charge in [-0.1, -0.05) is 36.4 Å². The van der Waals surface area contributed by atoms with Gasteiger partial charge in [-0.3, -0.25) is 10.4 Å². The Labute approximate surface area is 156 Å². The van der Waals surface area contributed by atoms with E-state index >= 15 is 0 Å². The first-order valence-corrected chi connectivity index (χ1v) is 8.78. The maximum atomic E-state index is 12.1. The minimum absolute atomic E-state index is 0.235. The highest BCUT2D eigenvalue weighted by molar-refractivity contribution is 5.88. The van der Waals surface area contributed by atoms with Gasteiger partial charge >= 0.3 is 6.03 Å². The molecule has 3 N–H and O–H groups in total. The van der Waals surface area contributed by atoms with Crippen molar-refractivity contribution in [2.24, 2.45) is 0 Å². The average molecular weight is 364 g/mol. The number of carbonyl (C=O) groups is 1. The van der Waals surface area contributed by atoms with E-state index in [1.807, 2.05) is 42.5 Å². The number of aromatic nitrogens is 2.